The van der Waals surface area contributed by atoms with Gasteiger partial charge in [0.1, 0.15) is 0 Å². The van der Waals surface area contributed by atoms with Crippen molar-refractivity contribution in [3.63, 3.8) is 0 Å². The number of rotatable bonds is 6. The highest BCUT2D eigenvalue weighted by atomic mass is 15.1. The molecule has 0 radical (unpaired) electrons. The number of piperidine rings is 1. The third-order valence-corrected chi connectivity index (χ3v) is 2.95. The van der Waals surface area contributed by atoms with E-state index in [1.54, 1.807) is 0 Å². The van der Waals surface area contributed by atoms with Crippen LogP contribution >= 0.6 is 0 Å². The molecule has 1 saturated heterocycles. The zero-order valence-electron chi connectivity index (χ0n) is 10.4. The number of hydrogen-bond acceptors (Lipinski definition) is 2. The molecular formula is C13H26N2. The van der Waals surface area contributed by atoms with E-state index >= 15 is 0 Å². The Morgan fingerprint density at radius 1 is 1.53 bits per heavy atom. The van der Waals surface area contributed by atoms with Gasteiger partial charge in [0.2, 0.25) is 0 Å². The normalized spacial score (nSPS) is 21.9. The average molecular weight is 210 g/mol. The first-order chi connectivity index (χ1) is 7.22. The van der Waals surface area contributed by atoms with Crippen LogP contribution in [0.4, 0.5) is 0 Å². The highest BCUT2D eigenvalue weighted by Crippen LogP contribution is 2.12. The molecule has 0 aromatic carbocycles. The van der Waals surface area contributed by atoms with Crippen LogP contribution in [0.5, 0.6) is 0 Å². The van der Waals surface area contributed by atoms with Gasteiger partial charge in [0.25, 0.3) is 0 Å². The molecule has 2 nitrogen and oxygen atoms in total. The van der Waals surface area contributed by atoms with Crippen LogP contribution in [0.2, 0.25) is 0 Å². The van der Waals surface area contributed by atoms with E-state index in [0.29, 0.717) is 0 Å². The van der Waals surface area contributed by atoms with E-state index in [2.05, 4.69) is 30.6 Å². The first kappa shape index (κ1) is 12.7. The highest BCUT2D eigenvalue weighted by molar-refractivity contribution is 4.92. The molecular weight excluding hydrogens is 184 g/mol. The lowest BCUT2D eigenvalue weighted by atomic mass is 9.99. The maximum atomic E-state index is 4.01. The molecule has 0 saturated carbocycles. The topological polar surface area (TPSA) is 15.3 Å². The summed E-state index contributed by atoms with van der Waals surface area (Å²) in [5, 5.41) is 3.49. The van der Waals surface area contributed by atoms with Gasteiger partial charge in [-0.2, -0.15) is 0 Å². The lowest BCUT2D eigenvalue weighted by Gasteiger charge is -2.30. The average Bonchev–Trinajstić information content (AvgIpc) is 2.18. The van der Waals surface area contributed by atoms with E-state index in [4.69, 9.17) is 0 Å². The predicted molar refractivity (Wildman–Crippen MR) is 67.1 cm³/mol. The van der Waals surface area contributed by atoms with E-state index < -0.39 is 0 Å². The summed E-state index contributed by atoms with van der Waals surface area (Å²) in [6.07, 6.45) is 3.98. The maximum absolute atomic E-state index is 4.01. The van der Waals surface area contributed by atoms with Crippen molar-refractivity contribution in [2.75, 3.05) is 32.7 Å². The van der Waals surface area contributed by atoms with Gasteiger partial charge in [0.05, 0.1) is 0 Å². The highest BCUT2D eigenvalue weighted by Gasteiger charge is 2.16. The Morgan fingerprint density at radius 3 is 2.87 bits per heavy atom. The number of nitrogens with zero attached hydrogens (tertiary/aromatic N) is 1. The van der Waals surface area contributed by atoms with Gasteiger partial charge < -0.3 is 5.32 Å². The zero-order chi connectivity index (χ0) is 11.1. The Morgan fingerprint density at radius 2 is 2.33 bits per heavy atom. The second kappa shape index (κ2) is 7.02. The van der Waals surface area contributed by atoms with Crippen LogP contribution < -0.4 is 5.32 Å². The summed E-state index contributed by atoms with van der Waals surface area (Å²) in [5.41, 5.74) is 1.28. The van der Waals surface area contributed by atoms with Crippen molar-refractivity contribution in [3.05, 3.63) is 12.2 Å². The van der Waals surface area contributed by atoms with Crippen LogP contribution in [0.3, 0.4) is 0 Å². The fourth-order valence-corrected chi connectivity index (χ4v) is 2.38. The lowest BCUT2D eigenvalue weighted by molar-refractivity contribution is 0.222. The van der Waals surface area contributed by atoms with Gasteiger partial charge in [-0.15, -0.1) is 0 Å². The molecule has 0 aliphatic carbocycles. The molecule has 0 aromatic heterocycles. The van der Waals surface area contributed by atoms with E-state index in [1.165, 1.54) is 51.0 Å². The van der Waals surface area contributed by atoms with Crippen LogP contribution in [0.1, 0.15) is 33.1 Å². The first-order valence-corrected chi connectivity index (χ1v) is 6.29. The smallest absolute Gasteiger partial charge is 0.0187 e. The second-order valence-corrected chi connectivity index (χ2v) is 4.90. The molecule has 0 bridgehead atoms. The summed E-state index contributed by atoms with van der Waals surface area (Å²) in [4.78, 5) is 2.56. The molecule has 1 rings (SSSR count). The summed E-state index contributed by atoms with van der Waals surface area (Å²) < 4.78 is 0. The molecule has 1 aliphatic rings. The fraction of sp³-hybridized carbons (Fsp3) is 0.846. The van der Waals surface area contributed by atoms with Gasteiger partial charge in [0, 0.05) is 13.1 Å². The van der Waals surface area contributed by atoms with Crippen LogP contribution in [0, 0.1) is 5.92 Å². The minimum absolute atomic E-state index is 0.852. The number of nitrogens with one attached hydrogen (secondary N) is 1. The molecule has 1 N–H and O–H groups in total. The summed E-state index contributed by atoms with van der Waals surface area (Å²) in [6.45, 7) is 14.3. The maximum Gasteiger partial charge on any atom is 0.0187 e. The predicted octanol–water partition coefficient (Wildman–Crippen LogP) is 2.27. The summed E-state index contributed by atoms with van der Waals surface area (Å²) in [6, 6.07) is 0. The van der Waals surface area contributed by atoms with Crippen LogP contribution in [-0.4, -0.2) is 37.6 Å². The lowest BCUT2D eigenvalue weighted by Crippen LogP contribution is -2.39. The zero-order valence-corrected chi connectivity index (χ0v) is 10.4. The molecule has 1 aliphatic heterocycles. The van der Waals surface area contributed by atoms with E-state index in [1.807, 2.05) is 0 Å². The molecule has 0 spiro atoms. The van der Waals surface area contributed by atoms with Gasteiger partial charge in [-0.3, -0.25) is 4.90 Å². The summed E-state index contributed by atoms with van der Waals surface area (Å²) >= 11 is 0. The quantitative estimate of drug-likeness (QED) is 0.677. The van der Waals surface area contributed by atoms with Crippen molar-refractivity contribution in [1.82, 2.24) is 10.2 Å². The largest absolute Gasteiger partial charge is 0.316 e. The van der Waals surface area contributed by atoms with Crippen molar-refractivity contribution in [2.45, 2.75) is 33.1 Å². The monoisotopic (exact) mass is 210 g/mol. The second-order valence-electron chi connectivity index (χ2n) is 4.90. The first-order valence-electron chi connectivity index (χ1n) is 6.29. The summed E-state index contributed by atoms with van der Waals surface area (Å²) in [7, 11) is 0. The van der Waals surface area contributed by atoms with Crippen molar-refractivity contribution in [1.29, 1.82) is 0 Å². The third-order valence-electron chi connectivity index (χ3n) is 2.95. The molecule has 1 atom stereocenters. The fourth-order valence-electron chi connectivity index (χ4n) is 2.38. The molecule has 88 valence electrons. The minimum Gasteiger partial charge on any atom is -0.316 e. The van der Waals surface area contributed by atoms with Gasteiger partial charge >= 0.3 is 0 Å². The molecule has 1 fully saturated rings. The minimum atomic E-state index is 0.852. The van der Waals surface area contributed by atoms with Gasteiger partial charge in [-0.05, 0) is 51.7 Å². The Balaban J connectivity index is 2.31. The van der Waals surface area contributed by atoms with Crippen molar-refractivity contribution < 1.29 is 0 Å². The van der Waals surface area contributed by atoms with Crippen molar-refractivity contribution in [2.24, 2.45) is 5.92 Å². The molecule has 0 aromatic rings. The molecule has 0 amide bonds. The van der Waals surface area contributed by atoms with Gasteiger partial charge in [-0.25, -0.2) is 0 Å². The van der Waals surface area contributed by atoms with Crippen LogP contribution in [0.15, 0.2) is 12.2 Å². The SMILES string of the molecule is C=C(C)CN(CCC)CC1CCCNC1. The molecule has 1 heterocycles. The number of hydrogen-bond donors (Lipinski definition) is 1. The standard InChI is InChI=1S/C13H26N2/c1-4-8-15(10-12(2)3)11-13-6-5-7-14-9-13/h13-14H,2,4-11H2,1,3H3. The Labute approximate surface area is 94.7 Å². The molecule has 2 heteroatoms. The molecule has 15 heavy (non-hydrogen) atoms. The van der Waals surface area contributed by atoms with Gasteiger partial charge in [0.15, 0.2) is 0 Å². The van der Waals surface area contributed by atoms with E-state index in [-0.39, 0.29) is 0 Å². The van der Waals surface area contributed by atoms with Crippen LogP contribution in [-0.2, 0) is 0 Å². The summed E-state index contributed by atoms with van der Waals surface area (Å²) in [5.74, 6) is 0.852. The molecule has 1 unspecified atom stereocenters. The van der Waals surface area contributed by atoms with Crippen LogP contribution in [0.25, 0.3) is 0 Å². The van der Waals surface area contributed by atoms with Crippen molar-refractivity contribution >= 4 is 0 Å². The Kier molecular flexibility index (Phi) is 5.96. The third kappa shape index (κ3) is 5.33. The Hall–Kier alpha value is -0.340. The van der Waals surface area contributed by atoms with Crippen molar-refractivity contribution in [3.8, 4) is 0 Å². The van der Waals surface area contributed by atoms with E-state index in [9.17, 15) is 0 Å². The Bertz CT molecular complexity index is 183. The van der Waals surface area contributed by atoms with E-state index in [0.717, 1.165) is 12.5 Å². The van der Waals surface area contributed by atoms with Gasteiger partial charge in [-0.1, -0.05) is 19.1 Å².